The topological polar surface area (TPSA) is 87.6 Å². The Morgan fingerprint density at radius 1 is 0.791 bits per heavy atom. The van der Waals surface area contributed by atoms with Crippen molar-refractivity contribution < 1.29 is 36.2 Å². The normalized spacial score (nSPS) is 17.7. The molecule has 238 valence electrons. The molecule has 0 bridgehead atoms. The Morgan fingerprint density at radius 3 is 1.98 bits per heavy atom. The molecule has 1 saturated carbocycles. The van der Waals surface area contributed by atoms with Crippen molar-refractivity contribution in [2.24, 2.45) is 11.8 Å². The Morgan fingerprint density at radius 2 is 1.37 bits per heavy atom. The number of nitrogens with two attached hydrogens (primary N) is 2. The molecule has 1 aliphatic carbocycles. The fourth-order valence-electron chi connectivity index (χ4n) is 5.35. The van der Waals surface area contributed by atoms with Gasteiger partial charge in [-0.2, -0.15) is 22.0 Å². The number of hydrogen-bond donors (Lipinski definition) is 2. The van der Waals surface area contributed by atoms with Gasteiger partial charge in [-0.25, -0.2) is 4.79 Å². The molecular formula is C33H43F5N2O3. The van der Waals surface area contributed by atoms with Crippen molar-refractivity contribution in [2.45, 2.75) is 95.8 Å². The summed E-state index contributed by atoms with van der Waals surface area (Å²) in [6.45, 7) is 0.332. The molecule has 1 aliphatic rings. The van der Waals surface area contributed by atoms with E-state index in [1.165, 1.54) is 49.3 Å². The van der Waals surface area contributed by atoms with E-state index in [1.54, 1.807) is 6.07 Å². The lowest BCUT2D eigenvalue weighted by atomic mass is 9.81. The average Bonchev–Trinajstić information content (AvgIpc) is 2.96. The van der Waals surface area contributed by atoms with Crippen LogP contribution in [0.1, 0.15) is 88.2 Å². The first-order chi connectivity index (χ1) is 20.4. The minimum Gasteiger partial charge on any atom is -0.463 e. The van der Waals surface area contributed by atoms with E-state index in [4.69, 9.17) is 20.9 Å². The molecule has 2 aromatic rings. The summed E-state index contributed by atoms with van der Waals surface area (Å²) in [4.78, 5) is 12.0. The lowest BCUT2D eigenvalue weighted by molar-refractivity contribution is -0.237. The van der Waals surface area contributed by atoms with Crippen molar-refractivity contribution in [3.63, 3.8) is 0 Å². The van der Waals surface area contributed by atoms with Gasteiger partial charge in [-0.3, -0.25) is 0 Å². The Bertz CT molecular complexity index is 1160. The zero-order valence-electron chi connectivity index (χ0n) is 24.5. The second-order valence-corrected chi connectivity index (χ2v) is 11.4. The number of ether oxygens (including phenoxy) is 2. The first kappa shape index (κ1) is 34.2. The number of carbonyl (C=O) groups is 1. The van der Waals surface area contributed by atoms with Gasteiger partial charge in [0, 0.05) is 17.5 Å². The van der Waals surface area contributed by atoms with Crippen molar-refractivity contribution >= 4 is 23.4 Å². The van der Waals surface area contributed by atoms with Gasteiger partial charge in [-0.15, -0.1) is 0 Å². The number of rotatable bonds is 16. The van der Waals surface area contributed by atoms with Gasteiger partial charge in [0.1, 0.15) is 5.75 Å². The predicted molar refractivity (Wildman–Crippen MR) is 159 cm³/mol. The molecule has 0 heterocycles. The van der Waals surface area contributed by atoms with E-state index in [1.807, 2.05) is 12.1 Å². The van der Waals surface area contributed by atoms with E-state index >= 15 is 0 Å². The fraction of sp³-hybridized carbons (Fsp3) is 0.545. The largest absolute Gasteiger partial charge is 0.463 e. The quantitative estimate of drug-likeness (QED) is 0.0651. The Labute approximate surface area is 250 Å². The number of nitrogen functional groups attached to an aromatic ring is 2. The van der Waals surface area contributed by atoms with Crippen LogP contribution in [0.4, 0.5) is 33.3 Å². The number of aryl methyl sites for hydroxylation is 1. The van der Waals surface area contributed by atoms with Crippen molar-refractivity contribution in [1.82, 2.24) is 0 Å². The zero-order valence-corrected chi connectivity index (χ0v) is 24.5. The van der Waals surface area contributed by atoms with Crippen molar-refractivity contribution in [2.75, 3.05) is 18.1 Å². The molecule has 43 heavy (non-hydrogen) atoms. The number of esters is 1. The highest BCUT2D eigenvalue weighted by atomic mass is 19.4. The van der Waals surface area contributed by atoms with E-state index in [-0.39, 0.29) is 31.4 Å². The summed E-state index contributed by atoms with van der Waals surface area (Å²) in [5.41, 5.74) is 14.9. The predicted octanol–water partition coefficient (Wildman–Crippen LogP) is 9.11. The van der Waals surface area contributed by atoms with Crippen LogP contribution in [0.3, 0.4) is 0 Å². The van der Waals surface area contributed by atoms with Gasteiger partial charge in [0.25, 0.3) is 0 Å². The first-order valence-corrected chi connectivity index (χ1v) is 15.2. The molecule has 5 nitrogen and oxygen atoms in total. The SMILES string of the molecule is Nc1ccc(CCCCCCCCCCOC(=O)/C=C/c2ccc(OC(F)(F)C3CCC(C(F)(F)F)CC3)cc2)c(N)c1. The van der Waals surface area contributed by atoms with Gasteiger partial charge in [-0.05, 0) is 86.4 Å². The number of carbonyl (C=O) groups excluding carboxylic acids is 1. The van der Waals surface area contributed by atoms with Crippen LogP contribution in [0.15, 0.2) is 48.5 Å². The summed E-state index contributed by atoms with van der Waals surface area (Å²) in [5.74, 6) is -3.37. The summed E-state index contributed by atoms with van der Waals surface area (Å²) in [6, 6.07) is 11.4. The molecule has 3 rings (SSSR count). The van der Waals surface area contributed by atoms with Gasteiger partial charge < -0.3 is 20.9 Å². The molecule has 0 atom stereocenters. The van der Waals surface area contributed by atoms with E-state index in [0.29, 0.717) is 17.9 Å². The highest BCUT2D eigenvalue weighted by Gasteiger charge is 2.48. The number of halogens is 5. The van der Waals surface area contributed by atoms with Crippen molar-refractivity contribution in [3.8, 4) is 5.75 Å². The number of benzene rings is 2. The molecule has 2 aromatic carbocycles. The minimum atomic E-state index is -4.35. The van der Waals surface area contributed by atoms with E-state index in [9.17, 15) is 26.7 Å². The van der Waals surface area contributed by atoms with Crippen molar-refractivity contribution in [3.05, 3.63) is 59.7 Å². The molecule has 4 N–H and O–H groups in total. The molecular weight excluding hydrogens is 567 g/mol. The van der Waals surface area contributed by atoms with Gasteiger partial charge in [0.2, 0.25) is 0 Å². The molecule has 0 unspecified atom stereocenters. The third-order valence-electron chi connectivity index (χ3n) is 7.97. The fourth-order valence-corrected chi connectivity index (χ4v) is 5.35. The summed E-state index contributed by atoms with van der Waals surface area (Å²) in [6.07, 6.45) is 3.30. The van der Waals surface area contributed by atoms with Gasteiger partial charge in [0.15, 0.2) is 0 Å². The van der Waals surface area contributed by atoms with Crippen LogP contribution in [-0.2, 0) is 16.0 Å². The standard InChI is InChI=1S/C33H43F5N2O3/c34-32(35,36)26-14-16-27(17-15-26)33(37,38)43-29-19-10-24(11-20-29)12-21-31(41)42-22-8-6-4-2-1-3-5-7-9-25-13-18-28(39)23-30(25)40/h10-13,18-21,23,26-27H,1-9,14-17,22,39-40H2/b21-12+. The molecule has 10 heteroatoms. The van der Waals surface area contributed by atoms with E-state index in [0.717, 1.165) is 56.2 Å². The van der Waals surface area contributed by atoms with E-state index < -0.39 is 30.1 Å². The number of unbranched alkanes of at least 4 members (excludes halogenated alkanes) is 7. The van der Waals surface area contributed by atoms with Gasteiger partial charge >= 0.3 is 18.3 Å². The molecule has 0 amide bonds. The lowest BCUT2D eigenvalue weighted by Crippen LogP contribution is -2.39. The molecule has 0 spiro atoms. The summed E-state index contributed by atoms with van der Waals surface area (Å²) in [7, 11) is 0. The lowest BCUT2D eigenvalue weighted by Gasteiger charge is -2.33. The zero-order chi connectivity index (χ0) is 31.3. The number of hydrogen-bond acceptors (Lipinski definition) is 5. The third-order valence-corrected chi connectivity index (χ3v) is 7.97. The summed E-state index contributed by atoms with van der Waals surface area (Å²) < 4.78 is 77.6. The molecule has 0 radical (unpaired) electrons. The van der Waals surface area contributed by atoms with Crippen LogP contribution in [-0.4, -0.2) is 24.9 Å². The third kappa shape index (κ3) is 12.1. The Hall–Kier alpha value is -3.30. The molecule has 0 saturated heterocycles. The van der Waals surface area contributed by atoms with Crippen LogP contribution >= 0.6 is 0 Å². The first-order valence-electron chi connectivity index (χ1n) is 15.2. The molecule has 0 aromatic heterocycles. The molecule has 0 aliphatic heterocycles. The highest BCUT2D eigenvalue weighted by Crippen LogP contribution is 2.44. The van der Waals surface area contributed by atoms with Gasteiger partial charge in [-0.1, -0.05) is 56.7 Å². The van der Waals surface area contributed by atoms with Crippen LogP contribution in [0.5, 0.6) is 5.75 Å². The Balaban J connectivity index is 1.23. The molecule has 1 fully saturated rings. The summed E-state index contributed by atoms with van der Waals surface area (Å²) in [5, 5.41) is 0. The second kappa shape index (κ2) is 16.5. The Kier molecular flexibility index (Phi) is 13.1. The second-order valence-electron chi connectivity index (χ2n) is 11.4. The van der Waals surface area contributed by atoms with Crippen LogP contribution in [0, 0.1) is 11.8 Å². The minimum absolute atomic E-state index is 0.0916. The smallest absolute Gasteiger partial charge is 0.400 e. The average molecular weight is 611 g/mol. The maximum absolute atomic E-state index is 14.5. The van der Waals surface area contributed by atoms with Crippen LogP contribution < -0.4 is 16.2 Å². The monoisotopic (exact) mass is 610 g/mol. The number of anilines is 2. The summed E-state index contributed by atoms with van der Waals surface area (Å²) >= 11 is 0. The highest BCUT2D eigenvalue weighted by molar-refractivity contribution is 5.87. The van der Waals surface area contributed by atoms with Crippen LogP contribution in [0.25, 0.3) is 6.08 Å². The van der Waals surface area contributed by atoms with Crippen molar-refractivity contribution in [1.29, 1.82) is 0 Å². The van der Waals surface area contributed by atoms with Crippen LogP contribution in [0.2, 0.25) is 0 Å². The van der Waals surface area contributed by atoms with Gasteiger partial charge in [0.05, 0.1) is 18.4 Å². The maximum Gasteiger partial charge on any atom is 0.400 e. The maximum atomic E-state index is 14.5. The number of alkyl halides is 5. The van der Waals surface area contributed by atoms with E-state index in [2.05, 4.69) is 0 Å².